The topological polar surface area (TPSA) is 80.5 Å². The van der Waals surface area contributed by atoms with Crippen LogP contribution in [-0.2, 0) is 0 Å². The number of para-hydroxylation sites is 1. The van der Waals surface area contributed by atoms with E-state index in [1.165, 1.54) is 0 Å². The first-order valence-corrected chi connectivity index (χ1v) is 5.26. The molecule has 2 aromatic heterocycles. The standard InChI is InChI=1S/C8H6ClN3.C3H4N2/c9-8-11-6-4-2-1-3-5(6)7(10)12-8;1-2-4-5-3-1/h1-4H,(H2,10,11,12);1-3H,(H,4,5). The van der Waals surface area contributed by atoms with Crippen molar-refractivity contribution in [1.29, 1.82) is 0 Å². The molecule has 1 aromatic carbocycles. The molecule has 0 saturated carbocycles. The van der Waals surface area contributed by atoms with Gasteiger partial charge in [-0.3, -0.25) is 5.10 Å². The summed E-state index contributed by atoms with van der Waals surface area (Å²) in [5.74, 6) is 0.422. The number of fused-ring (bicyclic) bond motifs is 1. The van der Waals surface area contributed by atoms with Crippen LogP contribution in [0.15, 0.2) is 42.7 Å². The molecule has 0 radical (unpaired) electrons. The molecular formula is C11H10ClN5. The zero-order valence-corrected chi connectivity index (χ0v) is 9.59. The van der Waals surface area contributed by atoms with Crippen LogP contribution >= 0.6 is 11.6 Å². The normalized spacial score (nSPS) is 9.71. The first kappa shape index (κ1) is 11.3. The summed E-state index contributed by atoms with van der Waals surface area (Å²) >= 11 is 5.62. The minimum Gasteiger partial charge on any atom is -0.383 e. The van der Waals surface area contributed by atoms with Crippen molar-refractivity contribution in [2.45, 2.75) is 0 Å². The number of nitrogens with zero attached hydrogens (tertiary/aromatic N) is 3. The van der Waals surface area contributed by atoms with Crippen LogP contribution in [0.2, 0.25) is 5.28 Å². The fraction of sp³-hybridized carbons (Fsp3) is 0. The van der Waals surface area contributed by atoms with Gasteiger partial charge in [0.1, 0.15) is 5.82 Å². The minimum absolute atomic E-state index is 0.186. The Labute approximate surface area is 103 Å². The highest BCUT2D eigenvalue weighted by Gasteiger charge is 2.00. The lowest BCUT2D eigenvalue weighted by atomic mass is 10.2. The van der Waals surface area contributed by atoms with Gasteiger partial charge < -0.3 is 5.73 Å². The Hall–Kier alpha value is -2.14. The molecule has 0 aliphatic carbocycles. The van der Waals surface area contributed by atoms with Gasteiger partial charge in [0.25, 0.3) is 0 Å². The van der Waals surface area contributed by atoms with Crippen LogP contribution in [0.5, 0.6) is 0 Å². The number of rotatable bonds is 0. The molecule has 0 aliphatic rings. The van der Waals surface area contributed by atoms with Crippen molar-refractivity contribution in [2.75, 3.05) is 5.73 Å². The molecular weight excluding hydrogens is 238 g/mol. The first-order chi connectivity index (χ1) is 8.27. The van der Waals surface area contributed by atoms with Gasteiger partial charge >= 0.3 is 0 Å². The van der Waals surface area contributed by atoms with Gasteiger partial charge in [-0.15, -0.1) is 0 Å². The van der Waals surface area contributed by atoms with E-state index in [0.29, 0.717) is 5.82 Å². The number of hydrogen-bond acceptors (Lipinski definition) is 4. The molecule has 6 heteroatoms. The lowest BCUT2D eigenvalue weighted by Gasteiger charge is -1.99. The fourth-order valence-electron chi connectivity index (χ4n) is 1.29. The number of benzene rings is 1. The van der Waals surface area contributed by atoms with E-state index in [2.05, 4.69) is 20.2 Å². The maximum Gasteiger partial charge on any atom is 0.224 e. The summed E-state index contributed by atoms with van der Waals surface area (Å²) in [7, 11) is 0. The molecule has 0 bridgehead atoms. The maximum absolute atomic E-state index is 5.62. The second-order valence-corrected chi connectivity index (χ2v) is 3.50. The smallest absolute Gasteiger partial charge is 0.224 e. The van der Waals surface area contributed by atoms with Gasteiger partial charge in [0, 0.05) is 17.8 Å². The van der Waals surface area contributed by atoms with Gasteiger partial charge in [-0.05, 0) is 29.8 Å². The molecule has 0 amide bonds. The minimum atomic E-state index is 0.186. The fourth-order valence-corrected chi connectivity index (χ4v) is 1.47. The van der Waals surface area contributed by atoms with Gasteiger partial charge in [-0.25, -0.2) is 9.97 Å². The molecule has 3 rings (SSSR count). The van der Waals surface area contributed by atoms with E-state index in [4.69, 9.17) is 17.3 Å². The SMILES string of the molecule is Nc1nc(Cl)nc2ccccc12.c1cn[nH]c1. The molecule has 5 nitrogen and oxygen atoms in total. The second kappa shape index (κ2) is 5.27. The molecule has 0 unspecified atom stereocenters. The van der Waals surface area contributed by atoms with Crippen molar-refractivity contribution in [1.82, 2.24) is 20.2 Å². The number of anilines is 1. The second-order valence-electron chi connectivity index (χ2n) is 3.16. The Morgan fingerprint density at radius 1 is 1.12 bits per heavy atom. The van der Waals surface area contributed by atoms with Crippen molar-refractivity contribution >= 4 is 28.3 Å². The number of H-pyrrole nitrogens is 1. The van der Waals surface area contributed by atoms with E-state index in [-0.39, 0.29) is 5.28 Å². The van der Waals surface area contributed by atoms with E-state index in [1.807, 2.05) is 30.3 Å². The van der Waals surface area contributed by atoms with Gasteiger partial charge in [0.2, 0.25) is 5.28 Å². The molecule has 0 atom stereocenters. The average molecular weight is 248 g/mol. The highest BCUT2D eigenvalue weighted by molar-refractivity contribution is 6.28. The predicted octanol–water partition coefficient (Wildman–Crippen LogP) is 2.28. The van der Waals surface area contributed by atoms with Crippen LogP contribution in [0, 0.1) is 0 Å². The number of halogens is 1. The van der Waals surface area contributed by atoms with E-state index >= 15 is 0 Å². The number of hydrogen-bond donors (Lipinski definition) is 2. The van der Waals surface area contributed by atoms with Crippen LogP contribution in [0.1, 0.15) is 0 Å². The molecule has 0 spiro atoms. The average Bonchev–Trinajstić information content (AvgIpc) is 2.87. The summed E-state index contributed by atoms with van der Waals surface area (Å²) in [6, 6.07) is 9.31. The van der Waals surface area contributed by atoms with Crippen LogP contribution in [0.4, 0.5) is 5.82 Å². The number of nitrogens with one attached hydrogen (secondary N) is 1. The number of aromatic amines is 1. The molecule has 2 heterocycles. The summed E-state index contributed by atoms with van der Waals surface area (Å²) < 4.78 is 0. The summed E-state index contributed by atoms with van der Waals surface area (Å²) in [6.07, 6.45) is 3.46. The van der Waals surface area contributed by atoms with E-state index in [0.717, 1.165) is 10.9 Å². The van der Waals surface area contributed by atoms with Crippen LogP contribution < -0.4 is 5.73 Å². The Morgan fingerprint density at radius 3 is 2.59 bits per heavy atom. The van der Waals surface area contributed by atoms with E-state index in [9.17, 15) is 0 Å². The highest BCUT2D eigenvalue weighted by atomic mass is 35.5. The maximum atomic E-state index is 5.62. The van der Waals surface area contributed by atoms with E-state index in [1.54, 1.807) is 12.4 Å². The monoisotopic (exact) mass is 247 g/mol. The summed E-state index contributed by atoms with van der Waals surface area (Å²) in [4.78, 5) is 7.84. The lowest BCUT2D eigenvalue weighted by Crippen LogP contribution is -1.94. The quantitative estimate of drug-likeness (QED) is 0.597. The zero-order valence-electron chi connectivity index (χ0n) is 8.84. The van der Waals surface area contributed by atoms with Crippen molar-refractivity contribution in [2.24, 2.45) is 0 Å². The Balaban J connectivity index is 0.000000181. The van der Waals surface area contributed by atoms with Crippen LogP contribution in [0.25, 0.3) is 10.9 Å². The van der Waals surface area contributed by atoms with Crippen LogP contribution in [-0.4, -0.2) is 20.2 Å². The van der Waals surface area contributed by atoms with Crippen molar-refractivity contribution < 1.29 is 0 Å². The largest absolute Gasteiger partial charge is 0.383 e. The summed E-state index contributed by atoms with van der Waals surface area (Å²) in [5, 5.41) is 7.23. The Morgan fingerprint density at radius 2 is 1.94 bits per heavy atom. The molecule has 0 saturated heterocycles. The number of aromatic nitrogens is 4. The van der Waals surface area contributed by atoms with Gasteiger partial charge in [-0.2, -0.15) is 5.10 Å². The lowest BCUT2D eigenvalue weighted by molar-refractivity contribution is 1.09. The molecule has 3 N–H and O–H groups in total. The third-order valence-corrected chi connectivity index (χ3v) is 2.18. The highest BCUT2D eigenvalue weighted by Crippen LogP contribution is 2.18. The Bertz CT molecular complexity index is 577. The van der Waals surface area contributed by atoms with E-state index < -0.39 is 0 Å². The zero-order chi connectivity index (χ0) is 12.1. The molecule has 17 heavy (non-hydrogen) atoms. The Kier molecular flexibility index (Phi) is 3.52. The van der Waals surface area contributed by atoms with Gasteiger partial charge in [0.15, 0.2) is 0 Å². The van der Waals surface area contributed by atoms with Gasteiger partial charge in [-0.1, -0.05) is 12.1 Å². The third-order valence-electron chi connectivity index (χ3n) is 2.01. The molecule has 0 aliphatic heterocycles. The molecule has 3 aromatic rings. The third kappa shape index (κ3) is 2.92. The first-order valence-electron chi connectivity index (χ1n) is 4.89. The number of nitrogen functional groups attached to an aromatic ring is 1. The summed E-state index contributed by atoms with van der Waals surface area (Å²) in [5.41, 5.74) is 6.39. The number of nitrogens with two attached hydrogens (primary N) is 1. The van der Waals surface area contributed by atoms with Crippen molar-refractivity contribution in [3.63, 3.8) is 0 Å². The molecule has 86 valence electrons. The van der Waals surface area contributed by atoms with Crippen LogP contribution in [0.3, 0.4) is 0 Å². The molecule has 0 fully saturated rings. The predicted molar refractivity (Wildman–Crippen MR) is 67.5 cm³/mol. The van der Waals surface area contributed by atoms with Crippen molar-refractivity contribution in [3.05, 3.63) is 48.0 Å². The van der Waals surface area contributed by atoms with Gasteiger partial charge in [0.05, 0.1) is 5.52 Å². The van der Waals surface area contributed by atoms with Crippen molar-refractivity contribution in [3.8, 4) is 0 Å². The summed E-state index contributed by atoms with van der Waals surface area (Å²) in [6.45, 7) is 0.